The molecule has 0 unspecified atom stereocenters. The maximum atomic E-state index is 12.3. The van der Waals surface area contributed by atoms with Crippen molar-refractivity contribution in [3.63, 3.8) is 0 Å². The van der Waals surface area contributed by atoms with Gasteiger partial charge in [-0.3, -0.25) is 4.79 Å². The molecule has 0 bridgehead atoms. The van der Waals surface area contributed by atoms with Crippen LogP contribution in [0, 0.1) is 0 Å². The van der Waals surface area contributed by atoms with Gasteiger partial charge in [-0.25, -0.2) is 4.79 Å². The molecule has 2 rings (SSSR count). The van der Waals surface area contributed by atoms with Gasteiger partial charge in [-0.1, -0.05) is 54.3 Å². The Morgan fingerprint density at radius 2 is 1.96 bits per heavy atom. The number of thioether (sulfide) groups is 1. The number of thiophene rings is 1. The molecule has 0 saturated heterocycles. The summed E-state index contributed by atoms with van der Waals surface area (Å²) in [4.78, 5) is 27.2. The predicted molar refractivity (Wildman–Crippen MR) is 113 cm³/mol. The van der Waals surface area contributed by atoms with E-state index in [1.807, 2.05) is 44.4 Å². The molecule has 0 aliphatic heterocycles. The van der Waals surface area contributed by atoms with Crippen molar-refractivity contribution in [1.29, 1.82) is 0 Å². The zero-order chi connectivity index (χ0) is 19.1. The largest absolute Gasteiger partial charge is 0.462 e. The van der Waals surface area contributed by atoms with Crippen molar-refractivity contribution in [2.24, 2.45) is 0 Å². The lowest BCUT2D eigenvalue weighted by Crippen LogP contribution is -2.21. The summed E-state index contributed by atoms with van der Waals surface area (Å²) in [7, 11) is 3.66. The summed E-state index contributed by atoms with van der Waals surface area (Å²) in [6, 6.07) is 11.4. The quantitative estimate of drug-likeness (QED) is 0.573. The van der Waals surface area contributed by atoms with Gasteiger partial charge in [-0.15, -0.1) is 11.3 Å². The first-order valence-corrected chi connectivity index (χ1v) is 10.1. The third-order valence-electron chi connectivity index (χ3n) is 3.23. The number of rotatable bonds is 6. The molecule has 0 aliphatic rings. The molecule has 26 heavy (non-hydrogen) atoms. The van der Waals surface area contributed by atoms with E-state index in [0.717, 1.165) is 10.4 Å². The Bertz CT molecular complexity index is 788. The second-order valence-electron chi connectivity index (χ2n) is 5.44. The number of carbonyl (C=O) groups excluding carboxylic acids is 2. The Hall–Kier alpha value is -1.90. The number of benzene rings is 1. The van der Waals surface area contributed by atoms with Crippen molar-refractivity contribution in [2.75, 3.05) is 31.8 Å². The number of nitrogens with zero attached hydrogens (tertiary/aromatic N) is 1. The number of nitrogens with one attached hydrogen (secondary N) is 1. The highest BCUT2D eigenvalue weighted by Crippen LogP contribution is 2.36. The molecule has 138 valence electrons. The smallest absolute Gasteiger partial charge is 0.341 e. The minimum Gasteiger partial charge on any atom is -0.462 e. The summed E-state index contributed by atoms with van der Waals surface area (Å²) >= 11 is 7.79. The number of amides is 1. The van der Waals surface area contributed by atoms with Crippen LogP contribution >= 0.6 is 35.3 Å². The fraction of sp³-hybridized carbons (Fsp3) is 0.278. The molecule has 1 heterocycles. The van der Waals surface area contributed by atoms with Gasteiger partial charge in [0, 0.05) is 19.0 Å². The minimum atomic E-state index is -0.447. The zero-order valence-electron chi connectivity index (χ0n) is 14.8. The predicted octanol–water partition coefficient (Wildman–Crippen LogP) is 4.11. The van der Waals surface area contributed by atoms with Crippen LogP contribution < -0.4 is 5.32 Å². The molecule has 1 aromatic heterocycles. The Morgan fingerprint density at radius 3 is 2.58 bits per heavy atom. The topological polar surface area (TPSA) is 58.6 Å². The highest BCUT2D eigenvalue weighted by atomic mass is 32.2. The standard InChI is InChI=1S/C18H20N2O3S3/c1-4-23-17(22)13-10-14(12-8-6-5-7-9-12)26-16(13)19-15(21)11-25-18(24)20(2)3/h5-10H,4,11H2,1-3H3,(H,19,21). The molecule has 0 aliphatic carbocycles. The van der Waals surface area contributed by atoms with E-state index < -0.39 is 5.97 Å². The van der Waals surface area contributed by atoms with Crippen LogP contribution in [0.15, 0.2) is 36.4 Å². The molecule has 1 aromatic carbocycles. The molecular weight excluding hydrogens is 388 g/mol. The average Bonchev–Trinajstić information content (AvgIpc) is 3.04. The lowest BCUT2D eigenvalue weighted by atomic mass is 10.1. The number of thiocarbonyl (C=S) groups is 1. The van der Waals surface area contributed by atoms with Gasteiger partial charge >= 0.3 is 5.97 Å². The summed E-state index contributed by atoms with van der Waals surface area (Å²) in [5.74, 6) is -0.485. The number of esters is 1. The minimum absolute atomic E-state index is 0.178. The van der Waals surface area contributed by atoms with E-state index in [9.17, 15) is 9.59 Å². The van der Waals surface area contributed by atoms with E-state index in [4.69, 9.17) is 17.0 Å². The van der Waals surface area contributed by atoms with Crippen molar-refractivity contribution in [3.8, 4) is 10.4 Å². The maximum Gasteiger partial charge on any atom is 0.341 e. The van der Waals surface area contributed by atoms with E-state index in [1.54, 1.807) is 17.9 Å². The summed E-state index contributed by atoms with van der Waals surface area (Å²) < 4.78 is 5.74. The van der Waals surface area contributed by atoms with Crippen molar-refractivity contribution in [2.45, 2.75) is 6.92 Å². The number of anilines is 1. The van der Waals surface area contributed by atoms with Crippen molar-refractivity contribution in [1.82, 2.24) is 4.90 Å². The summed E-state index contributed by atoms with van der Waals surface area (Å²) in [6.45, 7) is 2.02. The van der Waals surface area contributed by atoms with Gasteiger partial charge in [-0.2, -0.15) is 0 Å². The molecule has 2 aromatic rings. The van der Waals surface area contributed by atoms with Gasteiger partial charge in [0.15, 0.2) is 0 Å². The third kappa shape index (κ3) is 5.55. The molecule has 5 nitrogen and oxygen atoms in total. The van der Waals surface area contributed by atoms with Crippen molar-refractivity contribution >= 4 is 56.5 Å². The number of hydrogen-bond donors (Lipinski definition) is 1. The normalized spacial score (nSPS) is 10.3. The average molecular weight is 409 g/mol. The highest BCUT2D eigenvalue weighted by Gasteiger charge is 2.20. The van der Waals surface area contributed by atoms with Gasteiger partial charge in [0.1, 0.15) is 9.32 Å². The van der Waals surface area contributed by atoms with Crippen molar-refractivity contribution < 1.29 is 14.3 Å². The molecule has 0 atom stereocenters. The van der Waals surface area contributed by atoms with Crippen LogP contribution in [0.25, 0.3) is 10.4 Å². The fourth-order valence-corrected chi connectivity index (χ4v) is 3.84. The lowest BCUT2D eigenvalue weighted by molar-refractivity contribution is -0.113. The van der Waals surface area contributed by atoms with Crippen LogP contribution in [-0.2, 0) is 9.53 Å². The van der Waals surface area contributed by atoms with Gasteiger partial charge in [0.25, 0.3) is 0 Å². The molecule has 0 radical (unpaired) electrons. The van der Waals surface area contributed by atoms with Crippen LogP contribution in [0.5, 0.6) is 0 Å². The molecular formula is C18H20N2O3S3. The maximum absolute atomic E-state index is 12.3. The lowest BCUT2D eigenvalue weighted by Gasteiger charge is -2.12. The summed E-state index contributed by atoms with van der Waals surface area (Å²) in [6.07, 6.45) is 0. The van der Waals surface area contributed by atoms with Gasteiger partial charge in [0.2, 0.25) is 5.91 Å². The molecule has 1 amide bonds. The van der Waals surface area contributed by atoms with E-state index in [-0.39, 0.29) is 18.3 Å². The molecule has 1 N–H and O–H groups in total. The Labute approximate surface area is 166 Å². The fourth-order valence-electron chi connectivity index (χ4n) is 2.01. The third-order valence-corrected chi connectivity index (χ3v) is 6.07. The second kappa shape index (κ2) is 9.70. The molecule has 0 fully saturated rings. The van der Waals surface area contributed by atoms with Crippen molar-refractivity contribution in [3.05, 3.63) is 42.0 Å². The van der Waals surface area contributed by atoms with E-state index in [1.165, 1.54) is 23.1 Å². The second-order valence-corrected chi connectivity index (χ2v) is 8.10. The Kier molecular flexibility index (Phi) is 7.62. The van der Waals surface area contributed by atoms with E-state index in [2.05, 4.69) is 5.32 Å². The SMILES string of the molecule is CCOC(=O)c1cc(-c2ccccc2)sc1NC(=O)CSC(=S)N(C)C. The number of ether oxygens (including phenoxy) is 1. The van der Waals surface area contributed by atoms with E-state index >= 15 is 0 Å². The van der Waals surface area contributed by atoms with Crippen LogP contribution in [0.3, 0.4) is 0 Å². The van der Waals surface area contributed by atoms with Gasteiger partial charge in [-0.05, 0) is 18.6 Å². The first kappa shape index (κ1) is 20.4. The monoisotopic (exact) mass is 408 g/mol. The Balaban J connectivity index is 2.19. The Morgan fingerprint density at radius 1 is 1.27 bits per heavy atom. The molecule has 0 saturated carbocycles. The highest BCUT2D eigenvalue weighted by molar-refractivity contribution is 8.23. The van der Waals surface area contributed by atoms with E-state index in [0.29, 0.717) is 14.9 Å². The molecule has 0 spiro atoms. The van der Waals surface area contributed by atoms with Crippen LogP contribution in [0.4, 0.5) is 5.00 Å². The summed E-state index contributed by atoms with van der Waals surface area (Å²) in [5.41, 5.74) is 1.34. The van der Waals surface area contributed by atoms with Gasteiger partial charge in [0.05, 0.1) is 17.9 Å². The van der Waals surface area contributed by atoms with Gasteiger partial charge < -0.3 is 15.0 Å². The first-order chi connectivity index (χ1) is 12.4. The van der Waals surface area contributed by atoms with Crippen LogP contribution in [-0.4, -0.2) is 47.6 Å². The molecule has 8 heteroatoms. The zero-order valence-corrected chi connectivity index (χ0v) is 17.2. The summed E-state index contributed by atoms with van der Waals surface area (Å²) in [5, 5.41) is 3.30. The van der Waals surface area contributed by atoms with Crippen LogP contribution in [0.1, 0.15) is 17.3 Å². The first-order valence-electron chi connectivity index (χ1n) is 7.92. The number of carbonyl (C=O) groups is 2. The number of hydrogen-bond acceptors (Lipinski definition) is 6. The van der Waals surface area contributed by atoms with Crippen LogP contribution in [0.2, 0.25) is 0 Å².